The van der Waals surface area contributed by atoms with Gasteiger partial charge in [0.2, 0.25) is 0 Å². The largest absolute Gasteiger partial charge is 0.316 e. The zero-order valence-corrected chi connectivity index (χ0v) is 7.10. The van der Waals surface area contributed by atoms with Gasteiger partial charge in [0, 0.05) is 0 Å². The first-order valence-corrected chi connectivity index (χ1v) is 4.76. The Labute approximate surface area is 68.9 Å². The third-order valence-electron chi connectivity index (χ3n) is 3.20. The molecule has 1 heteroatoms. The van der Waals surface area contributed by atoms with E-state index >= 15 is 0 Å². The van der Waals surface area contributed by atoms with Crippen molar-refractivity contribution in [2.45, 2.75) is 25.7 Å². The summed E-state index contributed by atoms with van der Waals surface area (Å²) in [6, 6.07) is 0. The maximum absolute atomic E-state index is 4.17. The Hall–Kier alpha value is -0.300. The van der Waals surface area contributed by atoms with Crippen LogP contribution in [-0.2, 0) is 0 Å². The number of hydrogen-bond acceptors (Lipinski definition) is 1. The lowest BCUT2D eigenvalue weighted by Crippen LogP contribution is -2.38. The van der Waals surface area contributed by atoms with Crippen molar-refractivity contribution in [3.05, 3.63) is 12.2 Å². The van der Waals surface area contributed by atoms with Crippen LogP contribution in [0.25, 0.3) is 0 Å². The van der Waals surface area contributed by atoms with Crippen LogP contribution in [0, 0.1) is 11.8 Å². The minimum absolute atomic E-state index is 0.866. The van der Waals surface area contributed by atoms with Crippen molar-refractivity contribution in [2.75, 3.05) is 13.1 Å². The summed E-state index contributed by atoms with van der Waals surface area (Å²) in [5, 5.41) is 3.46. The molecule has 2 aliphatic rings. The summed E-state index contributed by atoms with van der Waals surface area (Å²) in [7, 11) is 0. The number of allylic oxidation sites excluding steroid dienone is 1. The van der Waals surface area contributed by atoms with Crippen LogP contribution in [0.2, 0.25) is 0 Å². The van der Waals surface area contributed by atoms with Crippen molar-refractivity contribution in [1.82, 2.24) is 5.32 Å². The first-order chi connectivity index (χ1) is 5.38. The van der Waals surface area contributed by atoms with E-state index in [1.54, 1.807) is 0 Å². The highest BCUT2D eigenvalue weighted by atomic mass is 14.9. The summed E-state index contributed by atoms with van der Waals surface area (Å²) in [6.07, 6.45) is 5.43. The first-order valence-electron chi connectivity index (χ1n) is 4.76. The molecular formula is C10H17N. The van der Waals surface area contributed by atoms with E-state index in [0.29, 0.717) is 0 Å². The fourth-order valence-corrected chi connectivity index (χ4v) is 2.54. The quantitative estimate of drug-likeness (QED) is 0.522. The molecule has 2 atom stereocenters. The molecule has 0 aromatic heterocycles. The summed E-state index contributed by atoms with van der Waals surface area (Å²) >= 11 is 0. The topological polar surface area (TPSA) is 12.0 Å². The Kier molecular flexibility index (Phi) is 1.99. The van der Waals surface area contributed by atoms with Gasteiger partial charge < -0.3 is 5.32 Å². The molecule has 2 fully saturated rings. The third-order valence-corrected chi connectivity index (χ3v) is 3.20. The molecule has 0 amide bonds. The average molecular weight is 151 g/mol. The highest BCUT2D eigenvalue weighted by Gasteiger charge is 2.29. The van der Waals surface area contributed by atoms with Gasteiger partial charge in [-0.25, -0.2) is 0 Å². The van der Waals surface area contributed by atoms with Crippen molar-refractivity contribution >= 4 is 0 Å². The molecule has 0 aromatic carbocycles. The Morgan fingerprint density at radius 2 is 2.27 bits per heavy atom. The van der Waals surface area contributed by atoms with Gasteiger partial charge in [0.15, 0.2) is 0 Å². The highest BCUT2D eigenvalue weighted by Crippen LogP contribution is 2.36. The molecule has 0 aromatic rings. The van der Waals surface area contributed by atoms with Crippen LogP contribution >= 0.6 is 0 Å². The molecule has 1 aliphatic carbocycles. The normalized spacial score (nSPS) is 38.4. The number of nitrogens with one attached hydrogen (secondary N) is 1. The van der Waals surface area contributed by atoms with Gasteiger partial charge in [-0.1, -0.05) is 12.2 Å². The van der Waals surface area contributed by atoms with Gasteiger partial charge in [-0.3, -0.25) is 0 Å². The minimum Gasteiger partial charge on any atom is -0.316 e. The van der Waals surface area contributed by atoms with Crippen LogP contribution in [0.15, 0.2) is 12.2 Å². The Bertz CT molecular complexity index is 160. The van der Waals surface area contributed by atoms with Crippen LogP contribution < -0.4 is 5.32 Å². The summed E-state index contributed by atoms with van der Waals surface area (Å²) in [6.45, 7) is 6.62. The molecule has 11 heavy (non-hydrogen) atoms. The van der Waals surface area contributed by atoms with Crippen molar-refractivity contribution in [2.24, 2.45) is 11.8 Å². The maximum atomic E-state index is 4.17. The molecule has 1 nitrogen and oxygen atoms in total. The predicted molar refractivity (Wildman–Crippen MR) is 47.5 cm³/mol. The molecule has 0 bridgehead atoms. The standard InChI is InChI=1S/C10H17N/c1-8-3-2-4-9-7-11-6-5-10(8)9/h9-11H,1-7H2. The first kappa shape index (κ1) is 7.35. The lowest BCUT2D eigenvalue weighted by molar-refractivity contribution is 0.240. The van der Waals surface area contributed by atoms with Crippen LogP contribution in [0.5, 0.6) is 0 Å². The minimum atomic E-state index is 0.866. The van der Waals surface area contributed by atoms with Gasteiger partial charge in [-0.05, 0) is 50.6 Å². The smallest absolute Gasteiger partial charge is 0.00148 e. The van der Waals surface area contributed by atoms with Gasteiger partial charge in [-0.2, -0.15) is 0 Å². The fourth-order valence-electron chi connectivity index (χ4n) is 2.54. The second kappa shape index (κ2) is 2.98. The summed E-state index contributed by atoms with van der Waals surface area (Å²) < 4.78 is 0. The molecule has 1 saturated carbocycles. The summed E-state index contributed by atoms with van der Waals surface area (Å²) in [4.78, 5) is 0. The monoisotopic (exact) mass is 151 g/mol. The molecule has 1 aliphatic heterocycles. The van der Waals surface area contributed by atoms with E-state index < -0.39 is 0 Å². The van der Waals surface area contributed by atoms with E-state index in [9.17, 15) is 0 Å². The van der Waals surface area contributed by atoms with Crippen LogP contribution in [0.3, 0.4) is 0 Å². The predicted octanol–water partition coefficient (Wildman–Crippen LogP) is 1.95. The van der Waals surface area contributed by atoms with Gasteiger partial charge in [0.1, 0.15) is 0 Å². The van der Waals surface area contributed by atoms with Crippen molar-refractivity contribution in [3.8, 4) is 0 Å². The van der Waals surface area contributed by atoms with Crippen molar-refractivity contribution < 1.29 is 0 Å². The summed E-state index contributed by atoms with van der Waals surface area (Å²) in [5.74, 6) is 1.79. The summed E-state index contributed by atoms with van der Waals surface area (Å²) in [5.41, 5.74) is 1.53. The third kappa shape index (κ3) is 1.34. The Morgan fingerprint density at radius 1 is 1.36 bits per heavy atom. The highest BCUT2D eigenvalue weighted by molar-refractivity contribution is 5.07. The fraction of sp³-hybridized carbons (Fsp3) is 0.800. The van der Waals surface area contributed by atoms with Gasteiger partial charge >= 0.3 is 0 Å². The van der Waals surface area contributed by atoms with E-state index in [0.717, 1.165) is 11.8 Å². The molecular weight excluding hydrogens is 134 g/mol. The second-order valence-electron chi connectivity index (χ2n) is 3.91. The van der Waals surface area contributed by atoms with Crippen LogP contribution in [0.4, 0.5) is 0 Å². The van der Waals surface area contributed by atoms with E-state index in [1.807, 2.05) is 0 Å². The van der Waals surface area contributed by atoms with E-state index in [-0.39, 0.29) is 0 Å². The zero-order valence-electron chi connectivity index (χ0n) is 7.10. The van der Waals surface area contributed by atoms with Crippen molar-refractivity contribution in [1.29, 1.82) is 0 Å². The van der Waals surface area contributed by atoms with Crippen LogP contribution in [0.1, 0.15) is 25.7 Å². The zero-order chi connectivity index (χ0) is 7.68. The van der Waals surface area contributed by atoms with E-state index in [2.05, 4.69) is 11.9 Å². The van der Waals surface area contributed by atoms with E-state index in [4.69, 9.17) is 0 Å². The molecule has 0 radical (unpaired) electrons. The van der Waals surface area contributed by atoms with Gasteiger partial charge in [-0.15, -0.1) is 0 Å². The number of hydrogen-bond donors (Lipinski definition) is 1. The van der Waals surface area contributed by atoms with Gasteiger partial charge in [0.05, 0.1) is 0 Å². The Balaban J connectivity index is 2.05. The molecule has 62 valence electrons. The van der Waals surface area contributed by atoms with Crippen LogP contribution in [-0.4, -0.2) is 13.1 Å². The average Bonchev–Trinajstić information content (AvgIpc) is 2.06. The van der Waals surface area contributed by atoms with Crippen molar-refractivity contribution in [3.63, 3.8) is 0 Å². The molecule has 1 saturated heterocycles. The molecule has 2 rings (SSSR count). The molecule has 1 heterocycles. The number of rotatable bonds is 0. The second-order valence-corrected chi connectivity index (χ2v) is 3.91. The number of piperidine rings is 1. The molecule has 1 N–H and O–H groups in total. The lowest BCUT2D eigenvalue weighted by atomic mass is 9.73. The van der Waals surface area contributed by atoms with Gasteiger partial charge in [0.25, 0.3) is 0 Å². The molecule has 0 spiro atoms. The lowest BCUT2D eigenvalue weighted by Gasteiger charge is -2.37. The molecule has 2 unspecified atom stereocenters. The van der Waals surface area contributed by atoms with E-state index in [1.165, 1.54) is 44.3 Å². The SMILES string of the molecule is C=C1CCCC2CNCCC12. The maximum Gasteiger partial charge on any atom is -0.00148 e. The Morgan fingerprint density at radius 3 is 3.09 bits per heavy atom. The number of fused-ring (bicyclic) bond motifs is 1.